The van der Waals surface area contributed by atoms with Gasteiger partial charge < -0.3 is 19.6 Å². The van der Waals surface area contributed by atoms with Crippen LogP contribution in [0.25, 0.3) is 0 Å². The van der Waals surface area contributed by atoms with E-state index in [1.807, 2.05) is 12.1 Å². The minimum absolute atomic E-state index is 0.0345. The number of fused-ring (bicyclic) bond motifs is 1. The smallest absolute Gasteiger partial charge is 0.305 e. The second-order valence-electron chi connectivity index (χ2n) is 5.97. The van der Waals surface area contributed by atoms with E-state index >= 15 is 0 Å². The molecule has 0 bridgehead atoms. The van der Waals surface area contributed by atoms with Gasteiger partial charge >= 0.3 is 5.97 Å². The van der Waals surface area contributed by atoms with Crippen LogP contribution in [0.1, 0.15) is 12.8 Å². The van der Waals surface area contributed by atoms with E-state index in [1.54, 1.807) is 33.7 Å². The number of amides is 2. The lowest BCUT2D eigenvalue weighted by atomic mass is 10.1. The Labute approximate surface area is 149 Å². The third-order valence-electron chi connectivity index (χ3n) is 4.32. The fourth-order valence-corrected chi connectivity index (χ4v) is 4.17. The SMILES string of the molecule is O=C(O)CC1CSCCN1C(=O)CCN1C(=O)COc2ccccc21. The van der Waals surface area contributed by atoms with Gasteiger partial charge in [-0.1, -0.05) is 12.1 Å². The molecule has 7 nitrogen and oxygen atoms in total. The minimum Gasteiger partial charge on any atom is -0.482 e. The van der Waals surface area contributed by atoms with Crippen molar-refractivity contribution in [3.8, 4) is 5.75 Å². The topological polar surface area (TPSA) is 87.2 Å². The molecule has 1 N–H and O–H groups in total. The third-order valence-corrected chi connectivity index (χ3v) is 5.41. The molecule has 1 aromatic carbocycles. The molecule has 25 heavy (non-hydrogen) atoms. The maximum absolute atomic E-state index is 12.6. The highest BCUT2D eigenvalue weighted by molar-refractivity contribution is 7.99. The van der Waals surface area contributed by atoms with Gasteiger partial charge in [-0.25, -0.2) is 0 Å². The molecule has 0 saturated carbocycles. The molecule has 0 spiro atoms. The number of aliphatic carboxylic acids is 1. The largest absolute Gasteiger partial charge is 0.482 e. The lowest BCUT2D eigenvalue weighted by Crippen LogP contribution is -2.48. The number of hydrogen-bond acceptors (Lipinski definition) is 5. The van der Waals surface area contributed by atoms with Crippen molar-refractivity contribution >= 4 is 35.2 Å². The van der Waals surface area contributed by atoms with Gasteiger partial charge in [0.1, 0.15) is 5.75 Å². The van der Waals surface area contributed by atoms with E-state index < -0.39 is 5.97 Å². The number of anilines is 1. The van der Waals surface area contributed by atoms with Crippen LogP contribution in [-0.2, 0) is 14.4 Å². The van der Waals surface area contributed by atoms with Crippen LogP contribution in [0.3, 0.4) is 0 Å². The molecular weight excluding hydrogens is 344 g/mol. The minimum atomic E-state index is -0.900. The van der Waals surface area contributed by atoms with E-state index in [9.17, 15) is 14.4 Å². The van der Waals surface area contributed by atoms with Gasteiger partial charge in [0.15, 0.2) is 6.61 Å². The summed E-state index contributed by atoms with van der Waals surface area (Å²) in [7, 11) is 0. The Morgan fingerprint density at radius 1 is 1.32 bits per heavy atom. The number of para-hydroxylation sites is 2. The first-order valence-electron chi connectivity index (χ1n) is 8.17. The van der Waals surface area contributed by atoms with E-state index in [-0.39, 0.29) is 43.8 Å². The Morgan fingerprint density at radius 3 is 2.92 bits per heavy atom. The molecule has 1 unspecified atom stereocenters. The molecule has 0 aromatic heterocycles. The van der Waals surface area contributed by atoms with Gasteiger partial charge in [0.25, 0.3) is 5.91 Å². The highest BCUT2D eigenvalue weighted by Crippen LogP contribution is 2.31. The quantitative estimate of drug-likeness (QED) is 0.845. The molecule has 1 saturated heterocycles. The molecule has 8 heteroatoms. The number of nitrogens with zero attached hydrogens (tertiary/aromatic N) is 2. The Kier molecular flexibility index (Phi) is 5.47. The zero-order valence-corrected chi connectivity index (χ0v) is 14.5. The second kappa shape index (κ2) is 7.77. The van der Waals surface area contributed by atoms with Crippen molar-refractivity contribution in [3.63, 3.8) is 0 Å². The van der Waals surface area contributed by atoms with Gasteiger partial charge in [0.2, 0.25) is 5.91 Å². The average molecular weight is 364 g/mol. The van der Waals surface area contributed by atoms with Crippen molar-refractivity contribution < 1.29 is 24.2 Å². The van der Waals surface area contributed by atoms with Crippen molar-refractivity contribution in [2.24, 2.45) is 0 Å². The highest BCUT2D eigenvalue weighted by atomic mass is 32.2. The fourth-order valence-electron chi connectivity index (χ4n) is 3.10. The molecule has 1 atom stereocenters. The average Bonchev–Trinajstić information content (AvgIpc) is 2.60. The van der Waals surface area contributed by atoms with Gasteiger partial charge in [-0.05, 0) is 12.1 Å². The number of carbonyl (C=O) groups excluding carboxylic acids is 2. The Hall–Kier alpha value is -2.22. The number of carbonyl (C=O) groups is 3. The number of ether oxygens (including phenoxy) is 1. The molecule has 0 aliphatic carbocycles. The Bertz CT molecular complexity index is 681. The number of carboxylic acids is 1. The molecule has 2 aliphatic rings. The summed E-state index contributed by atoms with van der Waals surface area (Å²) in [6.07, 6.45) is 0.124. The molecule has 2 aliphatic heterocycles. The predicted octanol–water partition coefficient (Wildman–Crippen LogP) is 1.22. The summed E-state index contributed by atoms with van der Waals surface area (Å²) in [6.45, 7) is 0.782. The van der Waals surface area contributed by atoms with Crippen molar-refractivity contribution in [3.05, 3.63) is 24.3 Å². The fraction of sp³-hybridized carbons (Fsp3) is 0.471. The number of benzene rings is 1. The van der Waals surface area contributed by atoms with Crippen LogP contribution in [0.4, 0.5) is 5.69 Å². The number of carboxylic acid groups (broad SMARTS) is 1. The highest BCUT2D eigenvalue weighted by Gasteiger charge is 2.30. The van der Waals surface area contributed by atoms with Crippen LogP contribution < -0.4 is 9.64 Å². The zero-order valence-electron chi connectivity index (χ0n) is 13.7. The van der Waals surface area contributed by atoms with Crippen LogP contribution in [0.2, 0.25) is 0 Å². The maximum Gasteiger partial charge on any atom is 0.305 e. The van der Waals surface area contributed by atoms with E-state index in [2.05, 4.69) is 0 Å². The maximum atomic E-state index is 12.6. The van der Waals surface area contributed by atoms with Gasteiger partial charge in [-0.3, -0.25) is 14.4 Å². The molecular formula is C17H20N2O5S. The Balaban J connectivity index is 1.65. The summed E-state index contributed by atoms with van der Waals surface area (Å²) in [4.78, 5) is 39.0. The van der Waals surface area contributed by atoms with Crippen molar-refractivity contribution in [1.82, 2.24) is 4.90 Å². The number of hydrogen-bond donors (Lipinski definition) is 1. The van der Waals surface area contributed by atoms with Gasteiger partial charge in [-0.2, -0.15) is 11.8 Å². The van der Waals surface area contributed by atoms with Crippen LogP contribution in [0, 0.1) is 0 Å². The molecule has 3 rings (SSSR count). The van der Waals surface area contributed by atoms with Crippen LogP contribution in [-0.4, -0.2) is 65.0 Å². The third kappa shape index (κ3) is 4.07. The summed E-state index contributed by atoms with van der Waals surface area (Å²) in [5, 5.41) is 9.03. The van der Waals surface area contributed by atoms with Crippen molar-refractivity contribution in [1.29, 1.82) is 0 Å². The summed E-state index contributed by atoms with van der Waals surface area (Å²) in [6, 6.07) is 6.96. The first-order valence-corrected chi connectivity index (χ1v) is 9.33. The van der Waals surface area contributed by atoms with Crippen LogP contribution in [0.5, 0.6) is 5.75 Å². The van der Waals surface area contributed by atoms with Crippen molar-refractivity contribution in [2.45, 2.75) is 18.9 Å². The van der Waals surface area contributed by atoms with Crippen LogP contribution in [0.15, 0.2) is 24.3 Å². The van der Waals surface area contributed by atoms with Gasteiger partial charge in [0, 0.05) is 31.0 Å². The van der Waals surface area contributed by atoms with Gasteiger partial charge in [-0.15, -0.1) is 0 Å². The first kappa shape index (κ1) is 17.6. The number of thioether (sulfide) groups is 1. The summed E-state index contributed by atoms with van der Waals surface area (Å²) < 4.78 is 5.40. The molecule has 2 amide bonds. The monoisotopic (exact) mass is 364 g/mol. The molecule has 0 radical (unpaired) electrons. The molecule has 2 heterocycles. The lowest BCUT2D eigenvalue weighted by molar-refractivity contribution is -0.140. The van der Waals surface area contributed by atoms with E-state index in [0.29, 0.717) is 23.7 Å². The predicted molar refractivity (Wildman–Crippen MR) is 94.0 cm³/mol. The zero-order chi connectivity index (χ0) is 17.8. The first-order chi connectivity index (χ1) is 12.1. The van der Waals surface area contributed by atoms with Gasteiger partial charge in [0.05, 0.1) is 18.2 Å². The second-order valence-corrected chi connectivity index (χ2v) is 7.12. The normalized spacial score (nSPS) is 20.0. The summed E-state index contributed by atoms with van der Waals surface area (Å²) >= 11 is 1.67. The standard InChI is InChI=1S/C17H20N2O5S/c20-15(18-7-8-25-11-12(18)9-17(22)23)5-6-19-13-3-1-2-4-14(13)24-10-16(19)21/h1-4,12H,5-11H2,(H,22,23). The van der Waals surface area contributed by atoms with Crippen molar-refractivity contribution in [2.75, 3.05) is 36.1 Å². The van der Waals surface area contributed by atoms with E-state index in [0.717, 1.165) is 5.75 Å². The summed E-state index contributed by atoms with van der Waals surface area (Å²) in [5.74, 6) is 0.889. The number of rotatable bonds is 5. The van der Waals surface area contributed by atoms with Crippen LogP contribution >= 0.6 is 11.8 Å². The lowest BCUT2D eigenvalue weighted by Gasteiger charge is -2.35. The van der Waals surface area contributed by atoms with E-state index in [4.69, 9.17) is 9.84 Å². The molecule has 134 valence electrons. The van der Waals surface area contributed by atoms with E-state index in [1.165, 1.54) is 0 Å². The Morgan fingerprint density at radius 2 is 2.12 bits per heavy atom. The summed E-state index contributed by atoms with van der Waals surface area (Å²) in [5.41, 5.74) is 0.669. The molecule has 1 fully saturated rings. The molecule has 1 aromatic rings.